The van der Waals surface area contributed by atoms with E-state index < -0.39 is 24.4 Å². The Hall–Kier alpha value is -1.64. The highest BCUT2D eigenvalue weighted by Gasteiger charge is 2.12. The molecule has 0 fully saturated rings. The summed E-state index contributed by atoms with van der Waals surface area (Å²) in [6, 6.07) is 6.85. The third kappa shape index (κ3) is 4.70. The van der Waals surface area contributed by atoms with E-state index in [9.17, 15) is 14.4 Å². The average Bonchev–Trinajstić information content (AvgIpc) is 2.34. The maximum atomic E-state index is 11.6. The van der Waals surface area contributed by atoms with Crippen LogP contribution in [0.4, 0.5) is 0 Å². The topological polar surface area (TPSA) is 98.5 Å². The Morgan fingerprint density at radius 1 is 1.28 bits per heavy atom. The molecule has 0 heterocycles. The summed E-state index contributed by atoms with van der Waals surface area (Å²) in [5.41, 5.74) is 5.23. The molecule has 6 nitrogen and oxygen atoms in total. The highest BCUT2D eigenvalue weighted by Crippen LogP contribution is 2.12. The maximum Gasteiger partial charge on any atom is 0.339 e. The lowest BCUT2D eigenvalue weighted by Gasteiger charge is -2.06. The standard InChI is InChI=1S/C11H11IN2O4/c12-8-4-2-1-3-7(8)11(17)18-6-10(16)14-5-9(13)15/h1-4H,5-6H2,(H2,13,15)(H,14,16). The summed E-state index contributed by atoms with van der Waals surface area (Å²) in [4.78, 5) is 33.2. The minimum Gasteiger partial charge on any atom is -0.452 e. The lowest BCUT2D eigenvalue weighted by atomic mass is 10.2. The summed E-state index contributed by atoms with van der Waals surface area (Å²) in [5, 5.41) is 2.21. The molecule has 2 amide bonds. The van der Waals surface area contributed by atoms with Crippen LogP contribution in [0.5, 0.6) is 0 Å². The molecular weight excluding hydrogens is 351 g/mol. The molecule has 0 bridgehead atoms. The van der Waals surface area contributed by atoms with Crippen molar-refractivity contribution in [2.75, 3.05) is 13.2 Å². The second kappa shape index (κ2) is 6.94. The number of amides is 2. The monoisotopic (exact) mass is 362 g/mol. The lowest BCUT2D eigenvalue weighted by Crippen LogP contribution is -2.36. The summed E-state index contributed by atoms with van der Waals surface area (Å²) < 4.78 is 5.53. The van der Waals surface area contributed by atoms with E-state index in [4.69, 9.17) is 10.5 Å². The number of esters is 1. The fourth-order valence-corrected chi connectivity index (χ4v) is 1.68. The molecule has 96 valence electrons. The Labute approximate surface area is 117 Å². The molecule has 1 aromatic rings. The maximum absolute atomic E-state index is 11.6. The second-order valence-corrected chi connectivity index (χ2v) is 4.46. The third-order valence-electron chi connectivity index (χ3n) is 1.89. The Kier molecular flexibility index (Phi) is 5.56. The molecule has 0 aromatic heterocycles. The molecular formula is C11H11IN2O4. The van der Waals surface area contributed by atoms with E-state index in [0.29, 0.717) is 5.56 Å². The number of halogens is 1. The molecule has 0 spiro atoms. The summed E-state index contributed by atoms with van der Waals surface area (Å²) in [7, 11) is 0. The van der Waals surface area contributed by atoms with Crippen LogP contribution in [0.2, 0.25) is 0 Å². The molecule has 0 unspecified atom stereocenters. The van der Waals surface area contributed by atoms with Gasteiger partial charge in [-0.25, -0.2) is 4.79 Å². The highest BCUT2D eigenvalue weighted by molar-refractivity contribution is 14.1. The van der Waals surface area contributed by atoms with Crippen molar-refractivity contribution in [1.29, 1.82) is 0 Å². The molecule has 0 aliphatic carbocycles. The molecule has 0 saturated carbocycles. The average molecular weight is 362 g/mol. The van der Waals surface area contributed by atoms with Gasteiger partial charge in [-0.3, -0.25) is 9.59 Å². The minimum atomic E-state index is -0.660. The van der Waals surface area contributed by atoms with Crippen molar-refractivity contribution in [3.8, 4) is 0 Å². The van der Waals surface area contributed by atoms with E-state index in [1.165, 1.54) is 0 Å². The summed E-state index contributed by atoms with van der Waals surface area (Å²) in [6.45, 7) is -0.726. The number of carbonyl (C=O) groups is 3. The number of hydrogen-bond donors (Lipinski definition) is 2. The van der Waals surface area contributed by atoms with Crippen LogP contribution in [0.15, 0.2) is 24.3 Å². The van der Waals surface area contributed by atoms with Crippen LogP contribution in [-0.2, 0) is 14.3 Å². The largest absolute Gasteiger partial charge is 0.452 e. The van der Waals surface area contributed by atoms with Crippen molar-refractivity contribution in [2.45, 2.75) is 0 Å². The Morgan fingerprint density at radius 2 is 1.94 bits per heavy atom. The van der Waals surface area contributed by atoms with Crippen molar-refractivity contribution in [1.82, 2.24) is 5.32 Å². The zero-order chi connectivity index (χ0) is 13.5. The SMILES string of the molecule is NC(=O)CNC(=O)COC(=O)c1ccccc1I. The van der Waals surface area contributed by atoms with E-state index in [1.807, 2.05) is 22.6 Å². The molecule has 0 aliphatic rings. The van der Waals surface area contributed by atoms with Gasteiger partial charge in [0.05, 0.1) is 12.1 Å². The van der Waals surface area contributed by atoms with Crippen LogP contribution in [0.1, 0.15) is 10.4 Å². The first-order chi connectivity index (χ1) is 8.50. The van der Waals surface area contributed by atoms with Gasteiger partial charge in [0.15, 0.2) is 6.61 Å². The molecule has 0 radical (unpaired) electrons. The van der Waals surface area contributed by atoms with Gasteiger partial charge in [0.1, 0.15) is 0 Å². The predicted octanol–water partition coefficient (Wildman–Crippen LogP) is 0.0495. The van der Waals surface area contributed by atoms with Crippen LogP contribution in [0, 0.1) is 3.57 Å². The number of benzene rings is 1. The number of rotatable bonds is 5. The van der Waals surface area contributed by atoms with Crippen molar-refractivity contribution in [3.63, 3.8) is 0 Å². The van der Waals surface area contributed by atoms with Gasteiger partial charge in [-0.15, -0.1) is 0 Å². The van der Waals surface area contributed by atoms with Gasteiger partial charge in [0.2, 0.25) is 5.91 Å². The van der Waals surface area contributed by atoms with Gasteiger partial charge in [-0.05, 0) is 34.7 Å². The van der Waals surface area contributed by atoms with Gasteiger partial charge in [0, 0.05) is 3.57 Å². The first-order valence-corrected chi connectivity index (χ1v) is 6.05. The molecule has 0 atom stereocenters. The summed E-state index contributed by atoms with van der Waals surface area (Å²) in [6.07, 6.45) is 0. The molecule has 1 rings (SSSR count). The fourth-order valence-electron chi connectivity index (χ4n) is 1.07. The van der Waals surface area contributed by atoms with Crippen LogP contribution in [-0.4, -0.2) is 30.9 Å². The quantitative estimate of drug-likeness (QED) is 0.571. The number of carbonyl (C=O) groups excluding carboxylic acids is 3. The third-order valence-corrected chi connectivity index (χ3v) is 2.83. The van der Waals surface area contributed by atoms with Crippen molar-refractivity contribution in [2.24, 2.45) is 5.73 Å². The van der Waals surface area contributed by atoms with Gasteiger partial charge >= 0.3 is 5.97 Å². The lowest BCUT2D eigenvalue weighted by molar-refractivity contribution is -0.127. The first-order valence-electron chi connectivity index (χ1n) is 4.97. The first kappa shape index (κ1) is 14.4. The van der Waals surface area contributed by atoms with Gasteiger partial charge < -0.3 is 15.8 Å². The van der Waals surface area contributed by atoms with E-state index in [-0.39, 0.29) is 6.54 Å². The van der Waals surface area contributed by atoms with Crippen LogP contribution >= 0.6 is 22.6 Å². The molecule has 7 heteroatoms. The minimum absolute atomic E-state index is 0.279. The summed E-state index contributed by atoms with van der Waals surface area (Å²) >= 11 is 2.00. The van der Waals surface area contributed by atoms with Crippen LogP contribution in [0.25, 0.3) is 0 Å². The molecule has 3 N–H and O–H groups in total. The van der Waals surface area contributed by atoms with Crippen molar-refractivity contribution < 1.29 is 19.1 Å². The van der Waals surface area contributed by atoms with E-state index in [2.05, 4.69) is 5.32 Å². The number of hydrogen-bond acceptors (Lipinski definition) is 4. The number of nitrogens with two attached hydrogens (primary N) is 1. The van der Waals surface area contributed by atoms with Gasteiger partial charge in [-0.1, -0.05) is 12.1 Å². The zero-order valence-electron chi connectivity index (χ0n) is 9.31. The molecule has 0 aliphatic heterocycles. The summed E-state index contributed by atoms with van der Waals surface area (Å²) in [5.74, 6) is -1.82. The van der Waals surface area contributed by atoms with E-state index in [1.54, 1.807) is 24.3 Å². The van der Waals surface area contributed by atoms with Crippen molar-refractivity contribution >= 4 is 40.4 Å². The van der Waals surface area contributed by atoms with Crippen molar-refractivity contribution in [3.05, 3.63) is 33.4 Å². The van der Waals surface area contributed by atoms with E-state index >= 15 is 0 Å². The number of ether oxygens (including phenoxy) is 1. The predicted molar refractivity (Wildman–Crippen MR) is 71.6 cm³/mol. The van der Waals surface area contributed by atoms with Crippen LogP contribution in [0.3, 0.4) is 0 Å². The second-order valence-electron chi connectivity index (χ2n) is 3.30. The van der Waals surface area contributed by atoms with E-state index in [0.717, 1.165) is 3.57 Å². The van der Waals surface area contributed by atoms with Gasteiger partial charge in [0.25, 0.3) is 5.91 Å². The Balaban J connectivity index is 2.45. The number of primary amides is 1. The normalized spacial score (nSPS) is 9.61. The van der Waals surface area contributed by atoms with Crippen LogP contribution < -0.4 is 11.1 Å². The molecule has 18 heavy (non-hydrogen) atoms. The smallest absolute Gasteiger partial charge is 0.339 e. The molecule has 1 aromatic carbocycles. The Morgan fingerprint density at radius 3 is 2.56 bits per heavy atom. The fraction of sp³-hybridized carbons (Fsp3) is 0.182. The van der Waals surface area contributed by atoms with Gasteiger partial charge in [-0.2, -0.15) is 0 Å². The molecule has 0 saturated heterocycles. The zero-order valence-corrected chi connectivity index (χ0v) is 11.5. The Bertz CT molecular complexity index is 476. The number of nitrogens with one attached hydrogen (secondary N) is 1. The highest BCUT2D eigenvalue weighted by atomic mass is 127.